The quantitative estimate of drug-likeness (QED) is 0.482. The zero-order valence-electron chi connectivity index (χ0n) is 16.9. The van der Waals surface area contributed by atoms with Gasteiger partial charge in [0.1, 0.15) is 11.5 Å². The Labute approximate surface area is 175 Å². The van der Waals surface area contributed by atoms with Crippen LogP contribution in [0, 0.1) is 0 Å². The Kier molecular flexibility index (Phi) is 6.73. The Morgan fingerprint density at radius 1 is 0.967 bits per heavy atom. The summed E-state index contributed by atoms with van der Waals surface area (Å²) in [6, 6.07) is 11.7. The Balaban J connectivity index is 1.68. The van der Waals surface area contributed by atoms with Gasteiger partial charge in [-0.2, -0.15) is 0 Å². The third kappa shape index (κ3) is 4.80. The van der Waals surface area contributed by atoms with Gasteiger partial charge in [0.05, 0.1) is 24.8 Å². The van der Waals surface area contributed by atoms with Crippen molar-refractivity contribution in [1.29, 1.82) is 0 Å². The third-order valence-corrected chi connectivity index (χ3v) is 6.31. The molecule has 0 radical (unpaired) electrons. The Morgan fingerprint density at radius 3 is 2.23 bits per heavy atom. The standard InChI is InChI=1S/C21H24N2O6S/c1-28-16-7-5-15(6-8-16)4-3-13-22-30(26,27)17-9-10-19(29-2)18(14-17)23-20(24)11-12-21(23)25/h5-10,14,22H,3-4,11-13H2,1-2H3. The number of sulfonamides is 1. The normalized spacial score (nSPS) is 14.3. The lowest BCUT2D eigenvalue weighted by molar-refractivity contribution is -0.121. The van der Waals surface area contributed by atoms with E-state index >= 15 is 0 Å². The number of aryl methyl sites for hydroxylation is 1. The van der Waals surface area contributed by atoms with Crippen molar-refractivity contribution in [3.05, 3.63) is 48.0 Å². The maximum Gasteiger partial charge on any atom is 0.240 e. The van der Waals surface area contributed by atoms with Crippen molar-refractivity contribution in [2.75, 3.05) is 25.7 Å². The average molecular weight is 432 g/mol. The SMILES string of the molecule is COc1ccc(CCCNS(=O)(=O)c2ccc(OC)c(N3C(=O)CCC3=O)c2)cc1. The molecule has 1 N–H and O–H groups in total. The number of nitrogens with zero attached hydrogens (tertiary/aromatic N) is 1. The zero-order chi connectivity index (χ0) is 21.7. The van der Waals surface area contributed by atoms with Crippen LogP contribution in [0.1, 0.15) is 24.8 Å². The minimum Gasteiger partial charge on any atom is -0.497 e. The minimum atomic E-state index is -3.81. The molecular formula is C21H24N2O6S. The van der Waals surface area contributed by atoms with Crippen LogP contribution in [0.25, 0.3) is 0 Å². The number of nitrogens with one attached hydrogen (secondary N) is 1. The molecule has 0 saturated carbocycles. The van der Waals surface area contributed by atoms with E-state index in [2.05, 4.69) is 4.72 Å². The molecule has 3 rings (SSSR count). The van der Waals surface area contributed by atoms with E-state index in [1.165, 1.54) is 25.3 Å². The molecule has 0 unspecified atom stereocenters. The van der Waals surface area contributed by atoms with Gasteiger partial charge in [0, 0.05) is 19.4 Å². The van der Waals surface area contributed by atoms with Gasteiger partial charge in [-0.25, -0.2) is 18.0 Å². The highest BCUT2D eigenvalue weighted by Gasteiger charge is 2.33. The first kappa shape index (κ1) is 21.8. The fraction of sp³-hybridized carbons (Fsp3) is 0.333. The number of carbonyl (C=O) groups is 2. The molecule has 160 valence electrons. The molecule has 2 aromatic rings. The van der Waals surface area contributed by atoms with Crippen LogP contribution in [-0.4, -0.2) is 41.0 Å². The summed E-state index contributed by atoms with van der Waals surface area (Å²) >= 11 is 0. The van der Waals surface area contributed by atoms with Crippen LogP contribution >= 0.6 is 0 Å². The van der Waals surface area contributed by atoms with Gasteiger partial charge in [0.2, 0.25) is 21.8 Å². The molecule has 1 fully saturated rings. The van der Waals surface area contributed by atoms with E-state index in [-0.39, 0.29) is 47.5 Å². The van der Waals surface area contributed by atoms with Crippen LogP contribution in [-0.2, 0) is 26.0 Å². The number of benzene rings is 2. The van der Waals surface area contributed by atoms with Gasteiger partial charge in [-0.05, 0) is 48.7 Å². The lowest BCUT2D eigenvalue weighted by Crippen LogP contribution is -2.30. The molecule has 2 amide bonds. The number of hydrogen-bond acceptors (Lipinski definition) is 6. The van der Waals surface area contributed by atoms with Crippen molar-refractivity contribution < 1.29 is 27.5 Å². The summed E-state index contributed by atoms with van der Waals surface area (Å²) in [6.45, 7) is 0.247. The summed E-state index contributed by atoms with van der Waals surface area (Å²) < 4.78 is 38.3. The molecule has 1 heterocycles. The van der Waals surface area contributed by atoms with Crippen molar-refractivity contribution >= 4 is 27.5 Å². The summed E-state index contributed by atoms with van der Waals surface area (Å²) in [5.41, 5.74) is 1.22. The van der Waals surface area contributed by atoms with Crippen LogP contribution < -0.4 is 19.1 Å². The van der Waals surface area contributed by atoms with E-state index < -0.39 is 10.0 Å². The van der Waals surface area contributed by atoms with Crippen molar-refractivity contribution in [3.63, 3.8) is 0 Å². The fourth-order valence-corrected chi connectivity index (χ4v) is 4.33. The van der Waals surface area contributed by atoms with Crippen molar-refractivity contribution in [1.82, 2.24) is 4.72 Å². The number of ether oxygens (including phenoxy) is 2. The van der Waals surface area contributed by atoms with E-state index in [0.29, 0.717) is 12.8 Å². The van der Waals surface area contributed by atoms with Gasteiger partial charge in [0.15, 0.2) is 0 Å². The van der Waals surface area contributed by atoms with E-state index in [1.807, 2.05) is 24.3 Å². The molecule has 8 nitrogen and oxygen atoms in total. The van der Waals surface area contributed by atoms with Gasteiger partial charge in [0.25, 0.3) is 0 Å². The smallest absolute Gasteiger partial charge is 0.240 e. The van der Waals surface area contributed by atoms with Crippen molar-refractivity contribution in [3.8, 4) is 11.5 Å². The van der Waals surface area contributed by atoms with Gasteiger partial charge >= 0.3 is 0 Å². The first-order valence-electron chi connectivity index (χ1n) is 9.52. The molecule has 1 aliphatic rings. The second-order valence-electron chi connectivity index (χ2n) is 6.81. The topological polar surface area (TPSA) is 102 Å². The van der Waals surface area contributed by atoms with Gasteiger partial charge in [-0.1, -0.05) is 12.1 Å². The van der Waals surface area contributed by atoms with E-state index in [0.717, 1.165) is 16.2 Å². The summed E-state index contributed by atoms with van der Waals surface area (Å²) in [6.07, 6.45) is 1.51. The third-order valence-electron chi connectivity index (χ3n) is 4.85. The molecule has 0 aromatic heterocycles. The number of anilines is 1. The number of methoxy groups -OCH3 is 2. The molecule has 0 aliphatic carbocycles. The highest BCUT2D eigenvalue weighted by atomic mass is 32.2. The van der Waals surface area contributed by atoms with E-state index in [1.54, 1.807) is 7.11 Å². The first-order chi connectivity index (χ1) is 14.4. The Bertz CT molecular complexity index is 1020. The monoisotopic (exact) mass is 432 g/mol. The fourth-order valence-electron chi connectivity index (χ4n) is 3.23. The van der Waals surface area contributed by atoms with Crippen LogP contribution in [0.5, 0.6) is 11.5 Å². The number of hydrogen-bond donors (Lipinski definition) is 1. The second-order valence-corrected chi connectivity index (χ2v) is 8.57. The molecule has 2 aromatic carbocycles. The zero-order valence-corrected chi connectivity index (χ0v) is 17.7. The van der Waals surface area contributed by atoms with Gasteiger partial charge in [-0.3, -0.25) is 9.59 Å². The Hall–Kier alpha value is -2.91. The highest BCUT2D eigenvalue weighted by molar-refractivity contribution is 7.89. The number of carbonyl (C=O) groups excluding carboxylic acids is 2. The summed E-state index contributed by atoms with van der Waals surface area (Å²) in [5.74, 6) is 0.280. The number of rotatable bonds is 9. The summed E-state index contributed by atoms with van der Waals surface area (Å²) in [4.78, 5) is 25.1. The molecule has 9 heteroatoms. The lowest BCUT2D eigenvalue weighted by atomic mass is 10.1. The predicted octanol–water partition coefficient (Wildman–Crippen LogP) is 2.27. The first-order valence-corrected chi connectivity index (χ1v) is 11.0. The molecule has 0 bridgehead atoms. The largest absolute Gasteiger partial charge is 0.497 e. The van der Waals surface area contributed by atoms with Crippen LogP contribution in [0.2, 0.25) is 0 Å². The highest BCUT2D eigenvalue weighted by Crippen LogP contribution is 2.34. The maximum atomic E-state index is 12.7. The molecule has 1 aliphatic heterocycles. The molecule has 1 saturated heterocycles. The van der Waals surface area contributed by atoms with Gasteiger partial charge < -0.3 is 9.47 Å². The van der Waals surface area contributed by atoms with E-state index in [4.69, 9.17) is 9.47 Å². The van der Waals surface area contributed by atoms with E-state index in [9.17, 15) is 18.0 Å². The van der Waals surface area contributed by atoms with Gasteiger partial charge in [-0.15, -0.1) is 0 Å². The predicted molar refractivity (Wildman–Crippen MR) is 111 cm³/mol. The molecular weight excluding hydrogens is 408 g/mol. The van der Waals surface area contributed by atoms with Crippen molar-refractivity contribution in [2.24, 2.45) is 0 Å². The van der Waals surface area contributed by atoms with Crippen LogP contribution in [0.3, 0.4) is 0 Å². The minimum absolute atomic E-state index is 0.0322. The molecule has 0 spiro atoms. The maximum absolute atomic E-state index is 12.7. The molecule has 30 heavy (non-hydrogen) atoms. The summed E-state index contributed by atoms with van der Waals surface area (Å²) in [7, 11) is -0.813. The lowest BCUT2D eigenvalue weighted by Gasteiger charge is -2.18. The average Bonchev–Trinajstić information content (AvgIpc) is 3.09. The number of amides is 2. The Morgan fingerprint density at radius 2 is 1.63 bits per heavy atom. The number of imide groups is 1. The van der Waals surface area contributed by atoms with Crippen LogP contribution in [0.15, 0.2) is 47.4 Å². The van der Waals surface area contributed by atoms with Crippen LogP contribution in [0.4, 0.5) is 5.69 Å². The van der Waals surface area contributed by atoms with Crippen molar-refractivity contribution in [2.45, 2.75) is 30.6 Å². The summed E-state index contributed by atoms with van der Waals surface area (Å²) in [5, 5.41) is 0. The molecule has 0 atom stereocenters. The second kappa shape index (κ2) is 9.27.